The van der Waals surface area contributed by atoms with E-state index in [4.69, 9.17) is 0 Å². The number of rotatable bonds is 5. The van der Waals surface area contributed by atoms with Gasteiger partial charge < -0.3 is 5.32 Å². The van der Waals surface area contributed by atoms with Crippen molar-refractivity contribution in [3.63, 3.8) is 0 Å². The Balaban J connectivity index is 2.32. The van der Waals surface area contributed by atoms with Gasteiger partial charge in [0, 0.05) is 11.5 Å². The van der Waals surface area contributed by atoms with Crippen LogP contribution in [-0.4, -0.2) is 16.1 Å². The maximum absolute atomic E-state index is 4.38. The van der Waals surface area contributed by atoms with Crippen molar-refractivity contribution >= 4 is 11.5 Å². The van der Waals surface area contributed by atoms with Crippen LogP contribution < -0.4 is 5.32 Å². The van der Waals surface area contributed by atoms with Gasteiger partial charge in [-0.3, -0.25) is 0 Å². The summed E-state index contributed by atoms with van der Waals surface area (Å²) in [4.78, 5) is 1.27. The number of nitrogens with zero attached hydrogens (tertiary/aromatic N) is 2. The molecule has 0 fully saturated rings. The van der Waals surface area contributed by atoms with E-state index in [1.54, 1.807) is 0 Å². The van der Waals surface area contributed by atoms with Crippen LogP contribution in [0.2, 0.25) is 0 Å². The molecule has 0 spiro atoms. The van der Waals surface area contributed by atoms with Crippen LogP contribution in [0.25, 0.3) is 0 Å². The molecule has 0 bridgehead atoms. The van der Waals surface area contributed by atoms with Crippen LogP contribution in [0.3, 0.4) is 0 Å². The van der Waals surface area contributed by atoms with Crippen molar-refractivity contribution in [3.8, 4) is 0 Å². The summed E-state index contributed by atoms with van der Waals surface area (Å²) in [6, 6.07) is 8.88. The predicted molar refractivity (Wildman–Crippen MR) is 89.9 cm³/mol. The van der Waals surface area contributed by atoms with Crippen LogP contribution in [0.1, 0.15) is 55.4 Å². The average Bonchev–Trinajstić information content (AvgIpc) is 2.90. The Hall–Kier alpha value is -1.26. The first-order chi connectivity index (χ1) is 9.93. The lowest BCUT2D eigenvalue weighted by Crippen LogP contribution is -2.26. The van der Waals surface area contributed by atoms with Crippen LogP contribution in [0.15, 0.2) is 24.3 Å². The molecule has 1 aromatic heterocycles. The number of aryl methyl sites for hydroxylation is 1. The molecule has 0 saturated heterocycles. The molecule has 0 saturated carbocycles. The molecular weight excluding hydrogens is 278 g/mol. The van der Waals surface area contributed by atoms with E-state index in [1.807, 2.05) is 0 Å². The fourth-order valence-corrected chi connectivity index (χ4v) is 3.45. The summed E-state index contributed by atoms with van der Waals surface area (Å²) >= 11 is 1.53. The van der Waals surface area contributed by atoms with Gasteiger partial charge in [-0.05, 0) is 42.5 Å². The zero-order chi connectivity index (χ0) is 15.5. The lowest BCUT2D eigenvalue weighted by atomic mass is 9.88. The SMILES string of the molecule is CCNC(Cc1ccccc1C)c1snnc1C(C)(C)C. The fourth-order valence-electron chi connectivity index (χ4n) is 2.51. The third-order valence-electron chi connectivity index (χ3n) is 3.68. The third kappa shape index (κ3) is 3.89. The minimum absolute atomic E-state index is 0.0295. The molecular formula is C17H25N3S. The van der Waals surface area contributed by atoms with E-state index >= 15 is 0 Å². The van der Waals surface area contributed by atoms with E-state index < -0.39 is 0 Å². The molecule has 0 aliphatic heterocycles. The highest BCUT2D eigenvalue weighted by molar-refractivity contribution is 7.05. The maximum atomic E-state index is 4.38. The second-order valence-corrected chi connectivity index (χ2v) is 7.26. The van der Waals surface area contributed by atoms with Crippen molar-refractivity contribution in [1.29, 1.82) is 0 Å². The minimum atomic E-state index is 0.0295. The summed E-state index contributed by atoms with van der Waals surface area (Å²) in [7, 11) is 0. The molecule has 0 aliphatic carbocycles. The monoisotopic (exact) mass is 303 g/mol. The molecule has 2 rings (SSSR count). The first-order valence-electron chi connectivity index (χ1n) is 7.54. The Morgan fingerprint density at radius 1 is 1.24 bits per heavy atom. The predicted octanol–water partition coefficient (Wildman–Crippen LogP) is 4.04. The van der Waals surface area contributed by atoms with Crippen LogP contribution >= 0.6 is 11.5 Å². The number of benzene rings is 1. The number of likely N-dealkylation sites (N-methyl/N-ethyl adjacent to an activating group) is 1. The molecule has 0 radical (unpaired) electrons. The summed E-state index contributed by atoms with van der Waals surface area (Å²) in [6.07, 6.45) is 0.980. The second kappa shape index (κ2) is 6.67. The maximum Gasteiger partial charge on any atom is 0.0857 e. The van der Waals surface area contributed by atoms with Crippen molar-refractivity contribution in [1.82, 2.24) is 14.9 Å². The molecule has 21 heavy (non-hydrogen) atoms. The van der Waals surface area contributed by atoms with Gasteiger partial charge >= 0.3 is 0 Å². The number of aromatic nitrogens is 2. The topological polar surface area (TPSA) is 37.8 Å². The van der Waals surface area contributed by atoms with Gasteiger partial charge in [0.15, 0.2) is 0 Å². The molecule has 1 unspecified atom stereocenters. The highest BCUT2D eigenvalue weighted by Crippen LogP contribution is 2.32. The van der Waals surface area contributed by atoms with Gasteiger partial charge in [-0.2, -0.15) is 0 Å². The Bertz CT molecular complexity index is 584. The normalized spacial score (nSPS) is 13.4. The highest BCUT2D eigenvalue weighted by atomic mass is 32.1. The molecule has 114 valence electrons. The molecule has 0 aliphatic rings. The van der Waals surface area contributed by atoms with E-state index in [9.17, 15) is 0 Å². The Morgan fingerprint density at radius 3 is 2.57 bits per heavy atom. The zero-order valence-corrected chi connectivity index (χ0v) is 14.4. The van der Waals surface area contributed by atoms with E-state index in [0.717, 1.165) is 18.7 Å². The molecule has 3 nitrogen and oxygen atoms in total. The van der Waals surface area contributed by atoms with Crippen molar-refractivity contribution in [2.45, 2.75) is 52.5 Å². The van der Waals surface area contributed by atoms with E-state index in [0.29, 0.717) is 0 Å². The molecule has 1 atom stereocenters. The summed E-state index contributed by atoms with van der Waals surface area (Å²) in [5.74, 6) is 0. The van der Waals surface area contributed by atoms with Gasteiger partial charge in [-0.25, -0.2) is 0 Å². The van der Waals surface area contributed by atoms with E-state index in [1.165, 1.54) is 27.5 Å². The highest BCUT2D eigenvalue weighted by Gasteiger charge is 2.27. The second-order valence-electron chi connectivity index (χ2n) is 6.48. The summed E-state index contributed by atoms with van der Waals surface area (Å²) < 4.78 is 4.21. The Kier molecular flexibility index (Phi) is 5.12. The number of hydrogen-bond donors (Lipinski definition) is 1. The van der Waals surface area contributed by atoms with Crippen molar-refractivity contribution in [2.75, 3.05) is 6.54 Å². The first kappa shape index (κ1) is 16.1. The molecule has 0 amide bonds. The molecule has 4 heteroatoms. The van der Waals surface area contributed by atoms with E-state index in [-0.39, 0.29) is 11.5 Å². The summed E-state index contributed by atoms with van der Waals surface area (Å²) in [5, 5.41) is 7.99. The zero-order valence-electron chi connectivity index (χ0n) is 13.6. The van der Waals surface area contributed by atoms with Gasteiger partial charge in [-0.1, -0.05) is 56.4 Å². The van der Waals surface area contributed by atoms with Crippen LogP contribution in [0.5, 0.6) is 0 Å². The number of hydrogen-bond acceptors (Lipinski definition) is 4. The molecule has 1 heterocycles. The average molecular weight is 303 g/mol. The van der Waals surface area contributed by atoms with Crippen LogP contribution in [-0.2, 0) is 11.8 Å². The first-order valence-corrected chi connectivity index (χ1v) is 8.31. The fraction of sp³-hybridized carbons (Fsp3) is 0.529. The van der Waals surface area contributed by atoms with Crippen LogP contribution in [0.4, 0.5) is 0 Å². The number of nitrogens with one attached hydrogen (secondary N) is 1. The summed E-state index contributed by atoms with van der Waals surface area (Å²) in [5.41, 5.74) is 3.88. The van der Waals surface area contributed by atoms with Gasteiger partial charge in [0.25, 0.3) is 0 Å². The largest absolute Gasteiger partial charge is 0.309 e. The van der Waals surface area contributed by atoms with Gasteiger partial charge in [-0.15, -0.1) is 5.10 Å². The molecule has 2 aromatic rings. The Labute approximate surface area is 132 Å². The standard InChI is InChI=1S/C17H25N3S/c1-6-18-14(11-13-10-8-7-9-12(13)2)15-16(17(3,4)5)19-20-21-15/h7-10,14,18H,6,11H2,1-5H3. The Morgan fingerprint density at radius 2 is 1.95 bits per heavy atom. The lowest BCUT2D eigenvalue weighted by Gasteiger charge is -2.23. The van der Waals surface area contributed by atoms with Gasteiger partial charge in [0.05, 0.1) is 10.6 Å². The van der Waals surface area contributed by atoms with Gasteiger partial charge in [0.2, 0.25) is 0 Å². The van der Waals surface area contributed by atoms with E-state index in [2.05, 4.69) is 73.8 Å². The summed E-state index contributed by atoms with van der Waals surface area (Å²) in [6.45, 7) is 11.9. The van der Waals surface area contributed by atoms with Crippen molar-refractivity contribution < 1.29 is 0 Å². The van der Waals surface area contributed by atoms with Crippen molar-refractivity contribution in [2.24, 2.45) is 0 Å². The lowest BCUT2D eigenvalue weighted by molar-refractivity contribution is 0.514. The quantitative estimate of drug-likeness (QED) is 0.906. The van der Waals surface area contributed by atoms with Crippen LogP contribution in [0, 0.1) is 6.92 Å². The molecule has 1 N–H and O–H groups in total. The smallest absolute Gasteiger partial charge is 0.0857 e. The van der Waals surface area contributed by atoms with Crippen molar-refractivity contribution in [3.05, 3.63) is 46.0 Å². The molecule has 1 aromatic carbocycles. The third-order valence-corrected chi connectivity index (χ3v) is 4.51. The van der Waals surface area contributed by atoms with Gasteiger partial charge in [0.1, 0.15) is 0 Å². The minimum Gasteiger partial charge on any atom is -0.309 e.